The third-order valence-electron chi connectivity index (χ3n) is 5.08. The molecule has 27 heavy (non-hydrogen) atoms. The van der Waals surface area contributed by atoms with E-state index in [0.29, 0.717) is 26.1 Å². The molecular weight excluding hydrogens is 340 g/mol. The van der Waals surface area contributed by atoms with Gasteiger partial charge in [0.2, 0.25) is 11.8 Å². The van der Waals surface area contributed by atoms with Crippen molar-refractivity contribution in [2.75, 3.05) is 20.2 Å². The molecule has 2 aromatic carbocycles. The lowest BCUT2D eigenvalue weighted by atomic mass is 10.1. The van der Waals surface area contributed by atoms with Crippen molar-refractivity contribution in [3.63, 3.8) is 0 Å². The molecule has 0 bridgehead atoms. The standard InChI is InChI=1S/C22H26N2O3/c1-16-5-3-4-6-18(16)14-24-15-19(13-21(24)25)22(26)23-12-11-17-7-9-20(27-2)10-8-17/h3-10,19H,11-15H2,1-2H3,(H,23,26). The maximum absolute atomic E-state index is 12.4. The molecule has 1 heterocycles. The molecule has 1 aliphatic heterocycles. The first-order chi connectivity index (χ1) is 13.1. The van der Waals surface area contributed by atoms with E-state index in [-0.39, 0.29) is 17.7 Å². The van der Waals surface area contributed by atoms with Crippen molar-refractivity contribution < 1.29 is 14.3 Å². The van der Waals surface area contributed by atoms with Crippen molar-refractivity contribution in [3.8, 4) is 5.75 Å². The summed E-state index contributed by atoms with van der Waals surface area (Å²) in [5, 5.41) is 2.97. The highest BCUT2D eigenvalue weighted by Gasteiger charge is 2.34. The van der Waals surface area contributed by atoms with Gasteiger partial charge in [-0.3, -0.25) is 9.59 Å². The highest BCUT2D eigenvalue weighted by Crippen LogP contribution is 2.21. The molecular formula is C22H26N2O3. The highest BCUT2D eigenvalue weighted by atomic mass is 16.5. The molecule has 1 atom stereocenters. The first-order valence-electron chi connectivity index (χ1n) is 9.29. The van der Waals surface area contributed by atoms with Crippen molar-refractivity contribution >= 4 is 11.8 Å². The fourth-order valence-electron chi connectivity index (χ4n) is 3.36. The van der Waals surface area contributed by atoms with Gasteiger partial charge >= 0.3 is 0 Å². The summed E-state index contributed by atoms with van der Waals surface area (Å²) in [7, 11) is 1.64. The third-order valence-corrected chi connectivity index (χ3v) is 5.08. The summed E-state index contributed by atoms with van der Waals surface area (Å²) in [5.41, 5.74) is 3.43. The zero-order valence-electron chi connectivity index (χ0n) is 15.9. The van der Waals surface area contributed by atoms with Gasteiger partial charge in [-0.2, -0.15) is 0 Å². The van der Waals surface area contributed by atoms with E-state index in [9.17, 15) is 9.59 Å². The van der Waals surface area contributed by atoms with Crippen LogP contribution in [0.4, 0.5) is 0 Å². The van der Waals surface area contributed by atoms with Gasteiger partial charge in [0.1, 0.15) is 5.75 Å². The SMILES string of the molecule is COc1ccc(CCNC(=O)C2CC(=O)N(Cc3ccccc3C)C2)cc1. The molecule has 1 saturated heterocycles. The van der Waals surface area contributed by atoms with Gasteiger partial charge in [0.05, 0.1) is 13.0 Å². The quantitative estimate of drug-likeness (QED) is 0.820. The van der Waals surface area contributed by atoms with Gasteiger partial charge in [-0.1, -0.05) is 36.4 Å². The molecule has 0 saturated carbocycles. The van der Waals surface area contributed by atoms with Crippen molar-refractivity contribution in [3.05, 3.63) is 65.2 Å². The van der Waals surface area contributed by atoms with Crippen molar-refractivity contribution in [1.29, 1.82) is 0 Å². The Bertz CT molecular complexity index is 801. The van der Waals surface area contributed by atoms with E-state index in [1.165, 1.54) is 0 Å². The highest BCUT2D eigenvalue weighted by molar-refractivity contribution is 5.89. The minimum atomic E-state index is -0.266. The normalized spacial score (nSPS) is 16.4. The van der Waals surface area contributed by atoms with Crippen LogP contribution in [0.2, 0.25) is 0 Å². The number of benzene rings is 2. The second kappa shape index (κ2) is 8.71. The summed E-state index contributed by atoms with van der Waals surface area (Å²) in [5.74, 6) is 0.566. The van der Waals surface area contributed by atoms with Crippen LogP contribution in [0.1, 0.15) is 23.1 Å². The predicted molar refractivity (Wildman–Crippen MR) is 104 cm³/mol. The van der Waals surface area contributed by atoms with Gasteiger partial charge in [-0.05, 0) is 42.2 Å². The zero-order valence-corrected chi connectivity index (χ0v) is 15.9. The summed E-state index contributed by atoms with van der Waals surface area (Å²) in [6.45, 7) is 3.66. The number of carbonyl (C=O) groups is 2. The molecule has 0 aromatic heterocycles. The van der Waals surface area contributed by atoms with Gasteiger partial charge in [-0.25, -0.2) is 0 Å². The Balaban J connectivity index is 1.47. The molecule has 1 fully saturated rings. The minimum Gasteiger partial charge on any atom is -0.497 e. The van der Waals surface area contributed by atoms with E-state index in [1.54, 1.807) is 12.0 Å². The van der Waals surface area contributed by atoms with E-state index in [1.807, 2.05) is 55.5 Å². The van der Waals surface area contributed by atoms with E-state index >= 15 is 0 Å². The lowest BCUT2D eigenvalue weighted by Gasteiger charge is -2.18. The Morgan fingerprint density at radius 3 is 2.63 bits per heavy atom. The van der Waals surface area contributed by atoms with Crippen molar-refractivity contribution in [2.45, 2.75) is 26.3 Å². The predicted octanol–water partition coefficient (Wildman–Crippen LogP) is 2.71. The fraction of sp³-hybridized carbons (Fsp3) is 0.364. The number of likely N-dealkylation sites (tertiary alicyclic amines) is 1. The topological polar surface area (TPSA) is 58.6 Å². The Morgan fingerprint density at radius 2 is 1.93 bits per heavy atom. The summed E-state index contributed by atoms with van der Waals surface area (Å²) >= 11 is 0. The second-order valence-corrected chi connectivity index (χ2v) is 6.99. The summed E-state index contributed by atoms with van der Waals surface area (Å²) in [6.07, 6.45) is 1.05. The smallest absolute Gasteiger partial charge is 0.225 e. The molecule has 5 nitrogen and oxygen atoms in total. The van der Waals surface area contributed by atoms with Gasteiger partial charge in [0.25, 0.3) is 0 Å². The first-order valence-corrected chi connectivity index (χ1v) is 9.29. The van der Waals surface area contributed by atoms with Crippen LogP contribution in [-0.4, -0.2) is 36.9 Å². The second-order valence-electron chi connectivity index (χ2n) is 6.99. The third kappa shape index (κ3) is 4.88. The number of hydrogen-bond donors (Lipinski definition) is 1. The van der Waals surface area contributed by atoms with Crippen LogP contribution in [-0.2, 0) is 22.6 Å². The van der Waals surface area contributed by atoms with Gasteiger partial charge < -0.3 is 15.0 Å². The Kier molecular flexibility index (Phi) is 6.12. The number of carbonyl (C=O) groups excluding carboxylic acids is 2. The molecule has 3 rings (SSSR count). The summed E-state index contributed by atoms with van der Waals surface area (Å²) in [4.78, 5) is 26.5. The first kappa shape index (κ1) is 19.0. The average molecular weight is 366 g/mol. The van der Waals surface area contributed by atoms with E-state index in [2.05, 4.69) is 5.32 Å². The Morgan fingerprint density at radius 1 is 1.19 bits per heavy atom. The molecule has 1 N–H and O–H groups in total. The fourth-order valence-corrected chi connectivity index (χ4v) is 3.36. The molecule has 2 amide bonds. The lowest BCUT2D eigenvalue weighted by molar-refractivity contribution is -0.129. The van der Waals surface area contributed by atoms with Crippen LogP contribution >= 0.6 is 0 Å². The summed E-state index contributed by atoms with van der Waals surface area (Å²) < 4.78 is 5.14. The van der Waals surface area contributed by atoms with Crippen LogP contribution in [0.25, 0.3) is 0 Å². The molecule has 2 aromatic rings. The van der Waals surface area contributed by atoms with E-state index < -0.39 is 0 Å². The van der Waals surface area contributed by atoms with E-state index in [4.69, 9.17) is 4.74 Å². The van der Waals surface area contributed by atoms with Crippen LogP contribution < -0.4 is 10.1 Å². The molecule has 1 unspecified atom stereocenters. The van der Waals surface area contributed by atoms with Gasteiger partial charge in [0, 0.05) is 26.1 Å². The Labute approximate surface area is 160 Å². The zero-order chi connectivity index (χ0) is 19.2. The molecule has 5 heteroatoms. The monoisotopic (exact) mass is 366 g/mol. The number of hydrogen-bond acceptors (Lipinski definition) is 3. The van der Waals surface area contributed by atoms with E-state index in [0.717, 1.165) is 28.9 Å². The van der Waals surface area contributed by atoms with Gasteiger partial charge in [0.15, 0.2) is 0 Å². The average Bonchev–Trinajstić information content (AvgIpc) is 3.05. The number of nitrogens with one attached hydrogen (secondary N) is 1. The molecule has 0 spiro atoms. The maximum Gasteiger partial charge on any atom is 0.225 e. The van der Waals surface area contributed by atoms with Crippen molar-refractivity contribution in [2.24, 2.45) is 5.92 Å². The molecule has 0 radical (unpaired) electrons. The summed E-state index contributed by atoms with van der Waals surface area (Å²) in [6, 6.07) is 15.9. The lowest BCUT2D eigenvalue weighted by Crippen LogP contribution is -2.34. The van der Waals surface area contributed by atoms with Gasteiger partial charge in [-0.15, -0.1) is 0 Å². The maximum atomic E-state index is 12.4. The van der Waals surface area contributed by atoms with Crippen LogP contribution in [0.5, 0.6) is 5.75 Å². The molecule has 0 aliphatic carbocycles. The van der Waals surface area contributed by atoms with Crippen LogP contribution in [0.15, 0.2) is 48.5 Å². The molecule has 1 aliphatic rings. The number of amides is 2. The minimum absolute atomic E-state index is 0.0378. The number of nitrogens with zero attached hydrogens (tertiary/aromatic N) is 1. The number of methoxy groups -OCH3 is 1. The van der Waals surface area contributed by atoms with Crippen LogP contribution in [0, 0.1) is 12.8 Å². The largest absolute Gasteiger partial charge is 0.497 e. The van der Waals surface area contributed by atoms with Crippen molar-refractivity contribution in [1.82, 2.24) is 10.2 Å². The number of aryl methyl sites for hydroxylation is 1. The molecule has 142 valence electrons. The number of ether oxygens (including phenoxy) is 1. The van der Waals surface area contributed by atoms with Crippen LogP contribution in [0.3, 0.4) is 0 Å². The Hall–Kier alpha value is -2.82. The number of rotatable bonds is 7.